The Hall–Kier alpha value is -4.02. The van der Waals surface area contributed by atoms with Crippen LogP contribution in [0.25, 0.3) is 11.1 Å². The third-order valence-electron chi connectivity index (χ3n) is 9.86. The number of benzene rings is 1. The van der Waals surface area contributed by atoms with Gasteiger partial charge in [-0.2, -0.15) is 5.10 Å². The van der Waals surface area contributed by atoms with Crippen LogP contribution in [0, 0.1) is 18.8 Å². The number of aryl methyl sites for hydroxylation is 1. The number of ether oxygens (including phenoxy) is 2. The maximum Gasteiger partial charge on any atom is 0.407 e. The van der Waals surface area contributed by atoms with E-state index in [1.54, 1.807) is 13.3 Å². The van der Waals surface area contributed by atoms with Crippen molar-refractivity contribution in [1.82, 2.24) is 20.1 Å². The molecule has 11 heteroatoms. The zero-order valence-corrected chi connectivity index (χ0v) is 28.5. The summed E-state index contributed by atoms with van der Waals surface area (Å²) in [7, 11) is 1.70. The van der Waals surface area contributed by atoms with Crippen LogP contribution in [0.15, 0.2) is 48.9 Å². The fourth-order valence-corrected chi connectivity index (χ4v) is 6.99. The van der Waals surface area contributed by atoms with E-state index in [0.29, 0.717) is 49.9 Å². The summed E-state index contributed by atoms with van der Waals surface area (Å²) < 4.78 is 38.4. The third-order valence-corrected chi connectivity index (χ3v) is 9.86. The van der Waals surface area contributed by atoms with Gasteiger partial charge in [0.2, 0.25) is 5.91 Å². The van der Waals surface area contributed by atoms with Gasteiger partial charge in [-0.05, 0) is 119 Å². The Balaban J connectivity index is 1.28. The van der Waals surface area contributed by atoms with Crippen LogP contribution in [-0.4, -0.2) is 65.9 Å². The van der Waals surface area contributed by atoms with Gasteiger partial charge in [0.15, 0.2) is 0 Å². The second kappa shape index (κ2) is 16.4. The summed E-state index contributed by atoms with van der Waals surface area (Å²) in [5.41, 5.74) is 4.41. The zero-order valence-electron chi connectivity index (χ0n) is 28.5. The van der Waals surface area contributed by atoms with Gasteiger partial charge in [-0.3, -0.25) is 14.4 Å². The number of halogens is 2. The van der Waals surface area contributed by atoms with Gasteiger partial charge in [-0.15, -0.1) is 0 Å². The Morgan fingerprint density at radius 2 is 1.79 bits per heavy atom. The number of rotatable bonds is 12. The molecule has 2 amide bonds. The first kappa shape index (κ1) is 35.3. The molecule has 2 aliphatic rings. The van der Waals surface area contributed by atoms with E-state index in [1.807, 2.05) is 34.1 Å². The lowest BCUT2D eigenvalue weighted by Gasteiger charge is -2.35. The topological polar surface area (TPSA) is 98.6 Å². The number of alkyl halides is 2. The van der Waals surface area contributed by atoms with Crippen LogP contribution in [0.2, 0.25) is 0 Å². The van der Waals surface area contributed by atoms with Gasteiger partial charge in [0.1, 0.15) is 30.5 Å². The number of hydrogen-bond acceptors (Lipinski definition) is 6. The van der Waals surface area contributed by atoms with Crippen LogP contribution in [0.1, 0.15) is 88.3 Å². The number of nitrogens with one attached hydrogen (secondary N) is 1. The Bertz CT molecular complexity index is 1510. The molecule has 2 saturated carbocycles. The van der Waals surface area contributed by atoms with Crippen molar-refractivity contribution in [3.05, 3.63) is 60.0 Å². The lowest BCUT2D eigenvalue weighted by Crippen LogP contribution is -2.43. The number of pyridine rings is 1. The largest absolute Gasteiger partial charge is 0.496 e. The number of nitrogens with zero attached hydrogens (tertiary/aromatic N) is 4. The minimum atomic E-state index is -1.75. The Labute approximate surface area is 282 Å². The van der Waals surface area contributed by atoms with Gasteiger partial charge in [0.05, 0.1) is 19.9 Å². The Kier molecular flexibility index (Phi) is 12.1. The molecule has 0 bridgehead atoms. The first-order valence-electron chi connectivity index (χ1n) is 17.3. The van der Waals surface area contributed by atoms with Gasteiger partial charge in [-0.1, -0.05) is 12.1 Å². The molecule has 48 heavy (non-hydrogen) atoms. The summed E-state index contributed by atoms with van der Waals surface area (Å²) in [6.45, 7) is 5.25. The van der Waals surface area contributed by atoms with Gasteiger partial charge in [-0.25, -0.2) is 18.6 Å². The van der Waals surface area contributed by atoms with Crippen molar-refractivity contribution in [2.24, 2.45) is 11.8 Å². The summed E-state index contributed by atoms with van der Waals surface area (Å²) >= 11 is 0. The maximum absolute atomic E-state index is 14.3. The van der Waals surface area contributed by atoms with E-state index in [1.165, 1.54) is 5.56 Å². The predicted octanol–water partition coefficient (Wildman–Crippen LogP) is 7.74. The summed E-state index contributed by atoms with van der Waals surface area (Å²) in [5.74, 6) is 2.16. The van der Waals surface area contributed by atoms with Crippen LogP contribution in [0.3, 0.4) is 0 Å². The molecular weight excluding hydrogens is 616 g/mol. The summed E-state index contributed by atoms with van der Waals surface area (Å²) in [4.78, 5) is 33.0. The minimum Gasteiger partial charge on any atom is -0.496 e. The van der Waals surface area contributed by atoms with E-state index in [4.69, 9.17) is 14.5 Å². The van der Waals surface area contributed by atoms with Crippen LogP contribution in [0.4, 0.5) is 19.4 Å². The Morgan fingerprint density at radius 3 is 2.44 bits per heavy atom. The van der Waals surface area contributed by atoms with Crippen molar-refractivity contribution in [2.45, 2.75) is 96.4 Å². The molecule has 2 fully saturated rings. The molecule has 0 unspecified atom stereocenters. The monoisotopic (exact) mass is 665 g/mol. The fraction of sp³-hybridized carbons (Fsp3) is 0.568. The molecule has 0 spiro atoms. The maximum atomic E-state index is 14.3. The standard InChI is InChI=1S/C37H49F2N5O4/c1-24(2)44-23-31(20-42-44)30-15-16-40-35(18-30)43(22-26-5-7-27(8-6-26)29-11-14-34(47-4)25(3)17-29)36(45)28-9-12-33(13-10-28)48-37(46)41-21-32(39)19-38/h11,14-18,20,23-24,26-28,32-33H,5-10,12-13,19,21-22H2,1-4H3,(H,41,46)/t26?,27?,28?,32-,33?/m1/s1. The van der Waals surface area contributed by atoms with Gasteiger partial charge < -0.3 is 14.8 Å². The van der Waals surface area contributed by atoms with E-state index in [-0.39, 0.29) is 24.0 Å². The average Bonchev–Trinajstić information content (AvgIpc) is 3.61. The van der Waals surface area contributed by atoms with Crippen molar-refractivity contribution in [3.8, 4) is 16.9 Å². The zero-order chi connectivity index (χ0) is 34.2. The molecule has 9 nitrogen and oxygen atoms in total. The molecular formula is C37H49F2N5O4. The smallest absolute Gasteiger partial charge is 0.407 e. The highest BCUT2D eigenvalue weighted by molar-refractivity contribution is 5.94. The van der Waals surface area contributed by atoms with Crippen LogP contribution in [0.5, 0.6) is 5.75 Å². The van der Waals surface area contributed by atoms with E-state index in [0.717, 1.165) is 48.1 Å². The number of carbonyl (C=O) groups excluding carboxylic acids is 2. The van der Waals surface area contributed by atoms with Gasteiger partial charge >= 0.3 is 6.09 Å². The highest BCUT2D eigenvalue weighted by Crippen LogP contribution is 2.39. The number of methoxy groups -OCH3 is 1. The van der Waals surface area contributed by atoms with E-state index >= 15 is 0 Å². The highest BCUT2D eigenvalue weighted by atomic mass is 19.2. The van der Waals surface area contributed by atoms with Crippen LogP contribution in [-0.2, 0) is 9.53 Å². The molecule has 2 aromatic heterocycles. The minimum absolute atomic E-state index is 0.0385. The SMILES string of the molecule is COc1ccc(C2CCC(CN(C(=O)C3CCC(OC(=O)NC[C@H](F)CF)CC3)c3cc(-c4cnn(C(C)C)c4)ccn3)CC2)cc1C. The number of alkyl carbamates (subject to hydrolysis) is 1. The van der Waals surface area contributed by atoms with Crippen LogP contribution < -0.4 is 15.0 Å². The number of carbonyl (C=O) groups is 2. The molecule has 0 radical (unpaired) electrons. The first-order chi connectivity index (χ1) is 23.1. The van der Waals surface area contributed by atoms with E-state index in [9.17, 15) is 18.4 Å². The lowest BCUT2D eigenvalue weighted by molar-refractivity contribution is -0.124. The van der Waals surface area contributed by atoms with Crippen molar-refractivity contribution in [2.75, 3.05) is 31.8 Å². The highest BCUT2D eigenvalue weighted by Gasteiger charge is 2.34. The number of hydrogen-bond donors (Lipinski definition) is 1. The van der Waals surface area contributed by atoms with Crippen molar-refractivity contribution < 1.29 is 27.8 Å². The fourth-order valence-electron chi connectivity index (χ4n) is 6.99. The molecule has 260 valence electrons. The Morgan fingerprint density at radius 1 is 1.04 bits per heavy atom. The van der Waals surface area contributed by atoms with Crippen LogP contribution >= 0.6 is 0 Å². The van der Waals surface area contributed by atoms with Crippen molar-refractivity contribution in [3.63, 3.8) is 0 Å². The quantitative estimate of drug-likeness (QED) is 0.213. The summed E-state index contributed by atoms with van der Waals surface area (Å²) in [6.07, 6.45) is 9.04. The average molecular weight is 666 g/mol. The lowest BCUT2D eigenvalue weighted by atomic mass is 9.78. The molecule has 1 aromatic carbocycles. The molecule has 2 aliphatic carbocycles. The molecule has 5 rings (SSSR count). The summed E-state index contributed by atoms with van der Waals surface area (Å²) in [6, 6.07) is 10.6. The van der Waals surface area contributed by atoms with Gasteiger partial charge in [0.25, 0.3) is 0 Å². The molecule has 3 aromatic rings. The number of anilines is 1. The number of aromatic nitrogens is 3. The van der Waals surface area contributed by atoms with E-state index < -0.39 is 25.5 Å². The second-order valence-corrected chi connectivity index (χ2v) is 13.6. The molecule has 1 atom stereocenters. The molecule has 2 heterocycles. The van der Waals surface area contributed by atoms with Crippen molar-refractivity contribution in [1.29, 1.82) is 0 Å². The molecule has 0 aliphatic heterocycles. The molecule has 0 saturated heterocycles. The second-order valence-electron chi connectivity index (χ2n) is 13.6. The predicted molar refractivity (Wildman–Crippen MR) is 182 cm³/mol. The third kappa shape index (κ3) is 8.90. The van der Waals surface area contributed by atoms with Gasteiger partial charge in [0, 0.05) is 36.5 Å². The summed E-state index contributed by atoms with van der Waals surface area (Å²) in [5, 5.41) is 6.78. The van der Waals surface area contributed by atoms with E-state index in [2.05, 4.69) is 49.4 Å². The molecule has 1 N–H and O–H groups in total. The first-order valence-corrected chi connectivity index (χ1v) is 17.3. The number of amides is 2. The normalized spacial score (nSPS) is 21.8. The van der Waals surface area contributed by atoms with Crippen molar-refractivity contribution >= 4 is 17.8 Å².